The molecule has 1 aromatic heterocycles. The maximum Gasteiger partial charge on any atom is 0.245 e. The predicted octanol–water partition coefficient (Wildman–Crippen LogP) is 3.63. The molecule has 0 radical (unpaired) electrons. The maximum absolute atomic E-state index is 12.8. The van der Waals surface area contributed by atoms with Crippen LogP contribution in [0.5, 0.6) is 0 Å². The second-order valence-electron chi connectivity index (χ2n) is 4.79. The third kappa shape index (κ3) is 4.47. The third-order valence-electron chi connectivity index (χ3n) is 3.37. The first-order valence-electron chi connectivity index (χ1n) is 6.64. The van der Waals surface area contributed by atoms with Gasteiger partial charge in [0, 0.05) is 12.6 Å². The normalized spacial score (nSPS) is 17.0. The average molecular weight is 394 g/mol. The van der Waals surface area contributed by atoms with E-state index < -0.39 is 10.0 Å². The lowest BCUT2D eigenvalue weighted by Crippen LogP contribution is -2.46. The van der Waals surface area contributed by atoms with Crippen molar-refractivity contribution in [3.8, 4) is 0 Å². The van der Waals surface area contributed by atoms with E-state index in [1.165, 1.54) is 6.07 Å². The Kier molecular flexibility index (Phi) is 7.74. The Balaban J connectivity index is 0.00000220. The van der Waals surface area contributed by atoms with Crippen molar-refractivity contribution >= 4 is 57.0 Å². The van der Waals surface area contributed by atoms with Crippen LogP contribution in [-0.2, 0) is 10.0 Å². The first-order valence-corrected chi connectivity index (χ1v) is 9.65. The zero-order chi connectivity index (χ0) is 14.8. The van der Waals surface area contributed by atoms with Crippen LogP contribution in [0.4, 0.5) is 0 Å². The molecule has 0 unspecified atom stereocenters. The van der Waals surface area contributed by atoms with Gasteiger partial charge >= 0.3 is 0 Å². The number of halogens is 3. The predicted molar refractivity (Wildman–Crippen MR) is 91.7 cm³/mol. The fraction of sp³-hybridized carbons (Fsp3) is 0.667. The lowest BCUT2D eigenvalue weighted by atomic mass is 10.1. The summed E-state index contributed by atoms with van der Waals surface area (Å²) in [6.07, 6.45) is 2.43. The molecule has 2 heterocycles. The number of rotatable bonds is 5. The molecule has 0 amide bonds. The molecule has 9 heteroatoms. The van der Waals surface area contributed by atoms with Gasteiger partial charge in [0.15, 0.2) is 0 Å². The Morgan fingerprint density at radius 1 is 1.38 bits per heavy atom. The fourth-order valence-corrected chi connectivity index (χ4v) is 6.33. The second kappa shape index (κ2) is 8.34. The van der Waals surface area contributed by atoms with Crippen molar-refractivity contribution in [1.29, 1.82) is 0 Å². The fourth-order valence-electron chi connectivity index (χ4n) is 2.44. The van der Waals surface area contributed by atoms with E-state index in [9.17, 15) is 8.42 Å². The molecule has 0 bridgehead atoms. The van der Waals surface area contributed by atoms with Gasteiger partial charge in [-0.15, -0.1) is 23.7 Å². The van der Waals surface area contributed by atoms with E-state index in [2.05, 4.69) is 5.32 Å². The molecule has 0 atom stereocenters. The molecule has 0 saturated carbocycles. The van der Waals surface area contributed by atoms with Crippen molar-refractivity contribution in [2.75, 3.05) is 19.6 Å². The first kappa shape index (κ1) is 19.5. The Bertz CT molecular complexity index is 557. The minimum Gasteiger partial charge on any atom is -0.317 e. The van der Waals surface area contributed by atoms with Crippen molar-refractivity contribution in [3.63, 3.8) is 0 Å². The van der Waals surface area contributed by atoms with Gasteiger partial charge in [0.2, 0.25) is 10.0 Å². The van der Waals surface area contributed by atoms with Crippen molar-refractivity contribution in [2.45, 2.75) is 37.1 Å². The molecule has 1 aliphatic heterocycles. The number of nitrogens with one attached hydrogen (secondary N) is 1. The van der Waals surface area contributed by atoms with Gasteiger partial charge in [0.05, 0.1) is 4.34 Å². The summed E-state index contributed by atoms with van der Waals surface area (Å²) in [6.45, 7) is 4.18. The molecular weight excluding hydrogens is 375 g/mol. The van der Waals surface area contributed by atoms with E-state index >= 15 is 0 Å². The van der Waals surface area contributed by atoms with Crippen LogP contribution >= 0.6 is 46.9 Å². The Hall–Kier alpha value is 0.440. The van der Waals surface area contributed by atoms with Gasteiger partial charge in [0.25, 0.3) is 0 Å². The molecule has 0 aliphatic carbocycles. The van der Waals surface area contributed by atoms with E-state index in [0.717, 1.165) is 43.7 Å². The quantitative estimate of drug-likeness (QED) is 0.831. The number of nitrogens with zero attached hydrogens (tertiary/aromatic N) is 1. The van der Waals surface area contributed by atoms with Crippen LogP contribution in [-0.4, -0.2) is 38.4 Å². The van der Waals surface area contributed by atoms with Crippen LogP contribution in [0, 0.1) is 0 Å². The SMILES string of the molecule is CCCN(C1CCNCC1)S(=O)(=O)c1cc(Cl)sc1Cl.Cl. The molecule has 1 N–H and O–H groups in total. The van der Waals surface area contributed by atoms with Gasteiger partial charge in [-0.2, -0.15) is 4.31 Å². The molecule has 0 aromatic carbocycles. The van der Waals surface area contributed by atoms with Gasteiger partial charge in [-0.25, -0.2) is 8.42 Å². The second-order valence-corrected chi connectivity index (χ2v) is 8.93. The smallest absolute Gasteiger partial charge is 0.245 e. The maximum atomic E-state index is 12.8. The number of hydrogen-bond acceptors (Lipinski definition) is 4. The van der Waals surface area contributed by atoms with Crippen molar-refractivity contribution in [3.05, 3.63) is 14.7 Å². The number of hydrogen-bond donors (Lipinski definition) is 1. The summed E-state index contributed by atoms with van der Waals surface area (Å²) in [7, 11) is -3.57. The third-order valence-corrected chi connectivity index (χ3v) is 7.08. The van der Waals surface area contributed by atoms with Gasteiger partial charge in [-0.3, -0.25) is 0 Å². The molecule has 122 valence electrons. The van der Waals surface area contributed by atoms with E-state index in [1.807, 2.05) is 6.92 Å². The molecule has 1 fully saturated rings. The van der Waals surface area contributed by atoms with Crippen LogP contribution in [0.25, 0.3) is 0 Å². The summed E-state index contributed by atoms with van der Waals surface area (Å²) in [5.41, 5.74) is 0. The minimum absolute atomic E-state index is 0. The van der Waals surface area contributed by atoms with Crippen molar-refractivity contribution in [1.82, 2.24) is 9.62 Å². The van der Waals surface area contributed by atoms with Gasteiger partial charge in [-0.05, 0) is 38.4 Å². The summed E-state index contributed by atoms with van der Waals surface area (Å²) in [4.78, 5) is 0.140. The van der Waals surface area contributed by atoms with Crippen LogP contribution in [0.2, 0.25) is 8.67 Å². The highest BCUT2D eigenvalue weighted by molar-refractivity contribution is 7.89. The summed E-state index contributed by atoms with van der Waals surface area (Å²) in [5.74, 6) is 0. The van der Waals surface area contributed by atoms with Crippen LogP contribution < -0.4 is 5.32 Å². The van der Waals surface area contributed by atoms with E-state index in [-0.39, 0.29) is 27.7 Å². The van der Waals surface area contributed by atoms with E-state index in [1.54, 1.807) is 4.31 Å². The summed E-state index contributed by atoms with van der Waals surface area (Å²) >= 11 is 13.0. The number of piperidine rings is 1. The number of thiophene rings is 1. The molecule has 0 spiro atoms. The van der Waals surface area contributed by atoms with Crippen molar-refractivity contribution in [2.24, 2.45) is 0 Å². The molecule has 4 nitrogen and oxygen atoms in total. The van der Waals surface area contributed by atoms with E-state index in [4.69, 9.17) is 23.2 Å². The zero-order valence-corrected chi connectivity index (χ0v) is 15.6. The van der Waals surface area contributed by atoms with Crippen molar-refractivity contribution < 1.29 is 8.42 Å². The van der Waals surface area contributed by atoms with E-state index in [0.29, 0.717) is 10.9 Å². The average Bonchev–Trinajstić information content (AvgIpc) is 2.76. The Morgan fingerprint density at radius 3 is 2.48 bits per heavy atom. The highest BCUT2D eigenvalue weighted by Gasteiger charge is 2.33. The Morgan fingerprint density at radius 2 is 2.00 bits per heavy atom. The van der Waals surface area contributed by atoms with Gasteiger partial charge in [0.1, 0.15) is 9.23 Å². The molecule has 21 heavy (non-hydrogen) atoms. The minimum atomic E-state index is -3.57. The molecule has 1 saturated heterocycles. The molecular formula is C12H19Cl3N2O2S2. The molecule has 1 aliphatic rings. The Labute approximate surface area is 146 Å². The first-order chi connectivity index (χ1) is 9.46. The largest absolute Gasteiger partial charge is 0.317 e. The van der Waals surface area contributed by atoms with Gasteiger partial charge in [-0.1, -0.05) is 30.1 Å². The van der Waals surface area contributed by atoms with Crippen LogP contribution in [0.15, 0.2) is 11.0 Å². The molecule has 2 rings (SSSR count). The molecule has 1 aromatic rings. The number of sulfonamides is 1. The topological polar surface area (TPSA) is 49.4 Å². The standard InChI is InChI=1S/C12H18Cl2N2O2S2.ClH/c1-2-7-16(9-3-5-15-6-4-9)20(17,18)10-8-11(13)19-12(10)14;/h8-9,15H,2-7H2,1H3;1H. The lowest BCUT2D eigenvalue weighted by Gasteiger charge is -2.33. The lowest BCUT2D eigenvalue weighted by molar-refractivity contribution is 0.262. The summed E-state index contributed by atoms with van der Waals surface area (Å²) in [5, 5.41) is 3.25. The summed E-state index contributed by atoms with van der Waals surface area (Å²) in [6, 6.07) is 1.49. The van der Waals surface area contributed by atoms with Crippen LogP contribution in [0.1, 0.15) is 26.2 Å². The summed E-state index contributed by atoms with van der Waals surface area (Å²) < 4.78 is 27.9. The highest BCUT2D eigenvalue weighted by atomic mass is 35.5. The van der Waals surface area contributed by atoms with Gasteiger partial charge < -0.3 is 5.32 Å². The zero-order valence-electron chi connectivity index (χ0n) is 11.6. The van der Waals surface area contributed by atoms with Crippen LogP contribution in [0.3, 0.4) is 0 Å². The monoisotopic (exact) mass is 392 g/mol. The highest BCUT2D eigenvalue weighted by Crippen LogP contribution is 2.36.